The molecule has 3 aromatic rings. The number of nitrogens with two attached hydrogens (primary N) is 1. The zero-order chi connectivity index (χ0) is 16.4. The molecule has 0 aliphatic heterocycles. The Morgan fingerprint density at radius 1 is 1.30 bits per heavy atom. The number of para-hydroxylation sites is 1. The van der Waals surface area contributed by atoms with Gasteiger partial charge in [-0.05, 0) is 13.0 Å². The van der Waals surface area contributed by atoms with Crippen molar-refractivity contribution < 1.29 is 14.9 Å². The van der Waals surface area contributed by atoms with Crippen LogP contribution >= 0.6 is 0 Å². The second-order valence-electron chi connectivity index (χ2n) is 5.32. The number of benzene rings is 1. The molecule has 3 rings (SSSR count). The minimum Gasteiger partial charge on any atom is -0.394 e. The molecular weight excluding hydrogens is 296 g/mol. The number of aromatic nitrogens is 3. The molecule has 0 spiro atoms. The molecule has 0 aliphatic carbocycles. The number of fused-ring (bicyclic) bond motifs is 3. The molecule has 0 aliphatic rings. The van der Waals surface area contributed by atoms with Crippen molar-refractivity contribution in [2.45, 2.75) is 26.2 Å². The Morgan fingerprint density at radius 3 is 2.83 bits per heavy atom. The second-order valence-corrected chi connectivity index (χ2v) is 5.32. The van der Waals surface area contributed by atoms with Crippen LogP contribution in [-0.2, 0) is 17.9 Å². The Bertz CT molecular complexity index is 831. The van der Waals surface area contributed by atoms with Crippen molar-refractivity contribution >= 4 is 27.8 Å². The number of aliphatic hydroxyl groups excluding tert-OH is 2. The number of nitrogens with zero attached hydrogens (tertiary/aromatic N) is 3. The maximum atomic E-state index is 9.89. The maximum absolute atomic E-state index is 9.89. The van der Waals surface area contributed by atoms with Crippen LogP contribution in [0.4, 0.5) is 5.82 Å². The van der Waals surface area contributed by atoms with E-state index in [9.17, 15) is 10.2 Å². The molecule has 0 saturated heterocycles. The highest BCUT2D eigenvalue weighted by Crippen LogP contribution is 2.29. The van der Waals surface area contributed by atoms with Gasteiger partial charge in [0.2, 0.25) is 0 Å². The van der Waals surface area contributed by atoms with Crippen LogP contribution in [0.1, 0.15) is 12.7 Å². The van der Waals surface area contributed by atoms with Crippen LogP contribution in [0.25, 0.3) is 21.9 Å². The lowest BCUT2D eigenvalue weighted by atomic mass is 10.2. The summed E-state index contributed by atoms with van der Waals surface area (Å²) in [4.78, 5) is 8.93. The van der Waals surface area contributed by atoms with Crippen molar-refractivity contribution in [3.8, 4) is 0 Å². The van der Waals surface area contributed by atoms with Crippen molar-refractivity contribution in [1.82, 2.24) is 14.5 Å². The first-order valence-electron chi connectivity index (χ1n) is 7.55. The molecule has 7 nitrogen and oxygen atoms in total. The second kappa shape index (κ2) is 6.49. The van der Waals surface area contributed by atoms with E-state index in [0.29, 0.717) is 30.4 Å². The van der Waals surface area contributed by atoms with Crippen molar-refractivity contribution in [1.29, 1.82) is 0 Å². The van der Waals surface area contributed by atoms with E-state index in [1.54, 1.807) is 0 Å². The molecule has 4 N–H and O–H groups in total. The van der Waals surface area contributed by atoms with Gasteiger partial charge in [0.25, 0.3) is 0 Å². The van der Waals surface area contributed by atoms with E-state index in [1.165, 1.54) is 0 Å². The first-order valence-corrected chi connectivity index (χ1v) is 7.55. The number of anilines is 1. The number of nitrogen functional groups attached to an aromatic ring is 1. The van der Waals surface area contributed by atoms with Gasteiger partial charge in [-0.3, -0.25) is 0 Å². The lowest BCUT2D eigenvalue weighted by Gasteiger charge is -2.13. The summed E-state index contributed by atoms with van der Waals surface area (Å²) in [6.07, 6.45) is -0.888. The molecule has 7 heteroatoms. The van der Waals surface area contributed by atoms with Crippen LogP contribution in [0.3, 0.4) is 0 Å². The highest BCUT2D eigenvalue weighted by molar-refractivity contribution is 6.06. The Kier molecular flexibility index (Phi) is 4.42. The fourth-order valence-electron chi connectivity index (χ4n) is 2.67. The largest absolute Gasteiger partial charge is 0.394 e. The fourth-order valence-corrected chi connectivity index (χ4v) is 2.67. The summed E-state index contributed by atoms with van der Waals surface area (Å²) < 4.78 is 7.32. The normalized spacial score (nSPS) is 13.0. The topological polar surface area (TPSA) is 106 Å². The Morgan fingerprint density at radius 2 is 2.09 bits per heavy atom. The minimum absolute atomic E-state index is 0.211. The van der Waals surface area contributed by atoms with Gasteiger partial charge in [-0.15, -0.1) is 0 Å². The van der Waals surface area contributed by atoms with E-state index in [-0.39, 0.29) is 13.2 Å². The van der Waals surface area contributed by atoms with E-state index in [4.69, 9.17) is 10.5 Å². The van der Waals surface area contributed by atoms with Crippen molar-refractivity contribution in [3.05, 3.63) is 30.1 Å². The number of hydrogen-bond donors (Lipinski definition) is 3. The predicted octanol–water partition coefficient (Wildman–Crippen LogP) is 1.06. The number of pyridine rings is 1. The molecule has 2 heterocycles. The number of rotatable bonds is 6. The fraction of sp³-hybridized carbons (Fsp3) is 0.375. The van der Waals surface area contributed by atoms with Crippen LogP contribution in [0.2, 0.25) is 0 Å². The lowest BCUT2D eigenvalue weighted by molar-refractivity contribution is 0.0774. The van der Waals surface area contributed by atoms with Gasteiger partial charge >= 0.3 is 0 Å². The van der Waals surface area contributed by atoms with Gasteiger partial charge in [-0.1, -0.05) is 18.2 Å². The Labute approximate surface area is 133 Å². The average Bonchev–Trinajstić information content (AvgIpc) is 2.92. The Hall–Kier alpha value is -2.22. The molecule has 23 heavy (non-hydrogen) atoms. The molecular formula is C16H20N4O3. The third-order valence-corrected chi connectivity index (χ3v) is 3.73. The van der Waals surface area contributed by atoms with Gasteiger partial charge in [0.15, 0.2) is 5.82 Å². The number of imidazole rings is 1. The summed E-state index contributed by atoms with van der Waals surface area (Å²) in [6.45, 7) is 2.65. The van der Waals surface area contributed by atoms with Gasteiger partial charge < -0.3 is 25.3 Å². The van der Waals surface area contributed by atoms with Gasteiger partial charge in [-0.25, -0.2) is 9.97 Å². The number of aliphatic hydroxyl groups is 2. The molecule has 0 bridgehead atoms. The van der Waals surface area contributed by atoms with Gasteiger partial charge in [-0.2, -0.15) is 0 Å². The molecule has 0 radical (unpaired) electrons. The third-order valence-electron chi connectivity index (χ3n) is 3.73. The molecule has 0 fully saturated rings. The summed E-state index contributed by atoms with van der Waals surface area (Å²) in [5.74, 6) is 0.993. The predicted molar refractivity (Wildman–Crippen MR) is 87.9 cm³/mol. The zero-order valence-electron chi connectivity index (χ0n) is 12.9. The standard InChI is InChI=1S/C16H20N4O3/c1-2-23-9-13-19-14-15(20(13)7-10(22)8-21)11-5-3-4-6-12(11)18-16(14)17/h3-6,10,21-22H,2,7-9H2,1H3,(H2,17,18)/t10-/m0/s1. The van der Waals surface area contributed by atoms with Gasteiger partial charge in [0.1, 0.15) is 17.9 Å². The van der Waals surface area contributed by atoms with Crippen molar-refractivity contribution in [2.75, 3.05) is 18.9 Å². The van der Waals surface area contributed by atoms with Crippen LogP contribution in [-0.4, -0.2) is 44.1 Å². The SMILES string of the molecule is CCOCc1nc2c(N)nc3ccccc3c2n1C[C@H](O)CO. The molecule has 1 atom stereocenters. The van der Waals surface area contributed by atoms with Gasteiger partial charge in [0, 0.05) is 12.0 Å². The molecule has 0 saturated carbocycles. The Balaban J connectivity index is 2.28. The van der Waals surface area contributed by atoms with E-state index in [1.807, 2.05) is 35.8 Å². The van der Waals surface area contributed by atoms with E-state index in [2.05, 4.69) is 9.97 Å². The highest BCUT2D eigenvalue weighted by atomic mass is 16.5. The summed E-state index contributed by atoms with van der Waals surface area (Å²) in [7, 11) is 0. The van der Waals surface area contributed by atoms with Crippen LogP contribution < -0.4 is 5.73 Å². The lowest BCUT2D eigenvalue weighted by Crippen LogP contribution is -2.21. The minimum atomic E-state index is -0.888. The molecule has 0 unspecified atom stereocenters. The first-order chi connectivity index (χ1) is 11.2. The molecule has 0 amide bonds. The first kappa shape index (κ1) is 15.7. The third kappa shape index (κ3) is 2.86. The summed E-state index contributed by atoms with van der Waals surface area (Å²) >= 11 is 0. The monoisotopic (exact) mass is 316 g/mol. The van der Waals surface area contributed by atoms with Crippen molar-refractivity contribution in [3.63, 3.8) is 0 Å². The molecule has 2 aromatic heterocycles. The van der Waals surface area contributed by atoms with Crippen LogP contribution in [0.5, 0.6) is 0 Å². The zero-order valence-corrected chi connectivity index (χ0v) is 12.9. The summed E-state index contributed by atoms with van der Waals surface area (Å²) in [5, 5.41) is 20.0. The summed E-state index contributed by atoms with van der Waals surface area (Å²) in [5.41, 5.74) is 8.21. The number of hydrogen-bond acceptors (Lipinski definition) is 6. The van der Waals surface area contributed by atoms with E-state index < -0.39 is 6.10 Å². The maximum Gasteiger partial charge on any atom is 0.152 e. The van der Waals surface area contributed by atoms with Crippen molar-refractivity contribution in [2.24, 2.45) is 0 Å². The summed E-state index contributed by atoms with van der Waals surface area (Å²) in [6, 6.07) is 7.64. The smallest absolute Gasteiger partial charge is 0.152 e. The number of ether oxygens (including phenoxy) is 1. The van der Waals surface area contributed by atoms with E-state index >= 15 is 0 Å². The quantitative estimate of drug-likeness (QED) is 0.628. The van der Waals surface area contributed by atoms with Crippen LogP contribution in [0.15, 0.2) is 24.3 Å². The molecule has 1 aromatic carbocycles. The highest BCUT2D eigenvalue weighted by Gasteiger charge is 2.19. The van der Waals surface area contributed by atoms with Gasteiger partial charge in [0.05, 0.1) is 30.3 Å². The molecule has 122 valence electrons. The van der Waals surface area contributed by atoms with E-state index in [0.717, 1.165) is 16.4 Å². The van der Waals surface area contributed by atoms with Crippen LogP contribution in [0, 0.1) is 0 Å². The average molecular weight is 316 g/mol.